The Hall–Kier alpha value is -4.58. The van der Waals surface area contributed by atoms with E-state index in [2.05, 4.69) is 142 Å². The topological polar surface area (TPSA) is 98.7 Å². The fraction of sp³-hybridized carbons (Fsp3) is 0.333. The Morgan fingerprint density at radius 1 is 0.400 bits per heavy atom. The van der Waals surface area contributed by atoms with Crippen LogP contribution in [0.4, 0.5) is 22.7 Å². The number of carboxylic acid groups (broad SMARTS) is 2. The second-order valence-corrected chi connectivity index (χ2v) is 11.9. The van der Waals surface area contributed by atoms with E-state index < -0.39 is 18.4 Å². The minimum Gasteiger partial charge on any atom is -0.481 e. The van der Waals surface area contributed by atoms with Crippen LogP contribution in [0, 0.1) is 83.1 Å². The summed E-state index contributed by atoms with van der Waals surface area (Å²) >= 11 is 0. The summed E-state index contributed by atoms with van der Waals surface area (Å²) in [6, 6.07) is 17.4. The van der Waals surface area contributed by atoms with Gasteiger partial charge in [-0.1, -0.05) is 24.3 Å². The van der Waals surface area contributed by atoms with Gasteiger partial charge >= 0.3 is 11.9 Å². The Bertz CT molecular complexity index is 1470. The van der Waals surface area contributed by atoms with Gasteiger partial charge in [0.25, 0.3) is 0 Å². The molecule has 0 amide bonds. The molecule has 0 aliphatic rings. The molecular formula is C39H50N2O4. The Kier molecular flexibility index (Phi) is 13.0. The largest absolute Gasteiger partial charge is 0.481 e. The van der Waals surface area contributed by atoms with Crippen LogP contribution >= 0.6 is 0 Å². The highest BCUT2D eigenvalue weighted by atomic mass is 16.4. The van der Waals surface area contributed by atoms with Crippen molar-refractivity contribution in [3.05, 3.63) is 115 Å². The minimum absolute atomic E-state index is 0.806. The summed E-state index contributed by atoms with van der Waals surface area (Å²) in [5, 5.41) is 22.6. The smallest absolute Gasteiger partial charge is 0.314 e. The SMILES string of the molecule is Cc1ccc(Nc2ccc(C)c(C)c2C)c(C)c1C.Cc1ccc(Nc2ccc(C)c(C)c2C)c(C)c1C.O=C(O)CC(=O)O. The van der Waals surface area contributed by atoms with Crippen LogP contribution in [0.1, 0.15) is 73.2 Å². The maximum Gasteiger partial charge on any atom is 0.314 e. The number of aryl methyl sites for hydroxylation is 4. The molecule has 6 heteroatoms. The molecule has 0 heterocycles. The molecule has 0 bridgehead atoms. The van der Waals surface area contributed by atoms with Crippen molar-refractivity contribution in [2.45, 2.75) is 89.5 Å². The first-order valence-electron chi connectivity index (χ1n) is 15.2. The number of carbonyl (C=O) groups is 2. The molecule has 0 unspecified atom stereocenters. The molecule has 240 valence electrons. The second-order valence-electron chi connectivity index (χ2n) is 11.9. The third-order valence-electron chi connectivity index (χ3n) is 9.07. The molecule has 4 aromatic rings. The summed E-state index contributed by atoms with van der Waals surface area (Å²) in [7, 11) is 0. The monoisotopic (exact) mass is 610 g/mol. The van der Waals surface area contributed by atoms with Crippen molar-refractivity contribution in [2.24, 2.45) is 0 Å². The van der Waals surface area contributed by atoms with Crippen LogP contribution in [-0.2, 0) is 9.59 Å². The fourth-order valence-electron chi connectivity index (χ4n) is 4.79. The maximum atomic E-state index is 9.43. The number of anilines is 4. The Balaban J connectivity index is 0.000000260. The molecule has 0 aromatic heterocycles. The number of aliphatic carboxylic acids is 2. The highest BCUT2D eigenvalue weighted by Crippen LogP contribution is 2.30. The first-order valence-corrected chi connectivity index (χ1v) is 15.2. The van der Waals surface area contributed by atoms with Crippen LogP contribution < -0.4 is 10.6 Å². The summed E-state index contributed by atoms with van der Waals surface area (Å²) in [4.78, 5) is 18.9. The van der Waals surface area contributed by atoms with Gasteiger partial charge in [-0.25, -0.2) is 0 Å². The van der Waals surface area contributed by atoms with E-state index >= 15 is 0 Å². The van der Waals surface area contributed by atoms with Gasteiger partial charge in [0, 0.05) is 22.7 Å². The Morgan fingerprint density at radius 2 is 0.600 bits per heavy atom. The second kappa shape index (κ2) is 15.9. The van der Waals surface area contributed by atoms with Crippen molar-refractivity contribution < 1.29 is 19.8 Å². The van der Waals surface area contributed by atoms with Crippen molar-refractivity contribution >= 4 is 34.7 Å². The summed E-state index contributed by atoms with van der Waals surface area (Å²) in [6.45, 7) is 26.1. The van der Waals surface area contributed by atoms with Gasteiger partial charge in [0.1, 0.15) is 6.42 Å². The van der Waals surface area contributed by atoms with E-state index in [0.29, 0.717) is 0 Å². The number of nitrogens with one attached hydrogen (secondary N) is 2. The van der Waals surface area contributed by atoms with Gasteiger partial charge in [-0.05, 0) is 174 Å². The molecule has 0 aliphatic heterocycles. The van der Waals surface area contributed by atoms with Gasteiger partial charge < -0.3 is 20.8 Å². The zero-order valence-electron chi connectivity index (χ0n) is 29.0. The van der Waals surface area contributed by atoms with Crippen LogP contribution in [0.15, 0.2) is 48.5 Å². The number of hydrogen-bond acceptors (Lipinski definition) is 4. The first-order chi connectivity index (χ1) is 21.0. The predicted octanol–water partition coefficient (Wildman–Crippen LogP) is 10.1. The lowest BCUT2D eigenvalue weighted by molar-refractivity contribution is -0.147. The van der Waals surface area contributed by atoms with E-state index in [1.54, 1.807) is 0 Å². The number of rotatable bonds is 6. The molecule has 4 N–H and O–H groups in total. The van der Waals surface area contributed by atoms with E-state index in [-0.39, 0.29) is 0 Å². The molecule has 0 atom stereocenters. The third-order valence-corrected chi connectivity index (χ3v) is 9.07. The zero-order chi connectivity index (χ0) is 34.2. The highest BCUT2D eigenvalue weighted by molar-refractivity contribution is 5.88. The van der Waals surface area contributed by atoms with E-state index in [9.17, 15) is 9.59 Å². The van der Waals surface area contributed by atoms with Crippen molar-refractivity contribution in [1.29, 1.82) is 0 Å². The average Bonchev–Trinajstić information content (AvgIpc) is 2.97. The number of hydrogen-bond donors (Lipinski definition) is 4. The van der Waals surface area contributed by atoms with E-state index in [0.717, 1.165) is 0 Å². The Labute approximate surface area is 269 Å². The van der Waals surface area contributed by atoms with Crippen molar-refractivity contribution in [2.75, 3.05) is 10.6 Å². The average molecular weight is 611 g/mol. The van der Waals surface area contributed by atoms with Gasteiger partial charge in [0.05, 0.1) is 0 Å². The molecule has 0 fully saturated rings. The van der Waals surface area contributed by atoms with Gasteiger partial charge in [0.15, 0.2) is 0 Å². The lowest BCUT2D eigenvalue weighted by atomic mass is 10.0. The number of carboxylic acids is 2. The molecule has 0 aliphatic carbocycles. The quantitative estimate of drug-likeness (QED) is 0.162. The van der Waals surface area contributed by atoms with E-state index in [4.69, 9.17) is 10.2 Å². The Morgan fingerprint density at radius 3 is 0.756 bits per heavy atom. The standard InChI is InChI=1S/2C18H23N.C3H4O4/c2*1-11-7-9-17(15(5)13(11)3)19-18-10-8-12(2)14(4)16(18)6;4-2(5)1-3(6)7/h2*7-10,19H,1-6H3;1H2,(H,4,5)(H,6,7). The minimum atomic E-state index is -1.31. The fourth-order valence-corrected chi connectivity index (χ4v) is 4.79. The summed E-state index contributed by atoms with van der Waals surface area (Å²) in [6.07, 6.45) is -0.806. The van der Waals surface area contributed by atoms with E-state index in [1.807, 2.05) is 0 Å². The zero-order valence-corrected chi connectivity index (χ0v) is 29.0. The van der Waals surface area contributed by atoms with Crippen LogP contribution in [0.5, 0.6) is 0 Å². The van der Waals surface area contributed by atoms with Crippen LogP contribution in [0.25, 0.3) is 0 Å². The third kappa shape index (κ3) is 9.70. The van der Waals surface area contributed by atoms with Crippen LogP contribution in [0.2, 0.25) is 0 Å². The van der Waals surface area contributed by atoms with Gasteiger partial charge in [0.2, 0.25) is 0 Å². The maximum absolute atomic E-state index is 9.43. The first kappa shape index (κ1) is 36.6. The molecule has 0 radical (unpaired) electrons. The summed E-state index contributed by atoms with van der Waals surface area (Å²) in [5.41, 5.74) is 21.0. The van der Waals surface area contributed by atoms with Crippen molar-refractivity contribution in [3.63, 3.8) is 0 Å². The summed E-state index contributed by atoms with van der Waals surface area (Å²) in [5.74, 6) is -2.62. The molecule has 4 rings (SSSR count). The van der Waals surface area contributed by atoms with Crippen molar-refractivity contribution in [3.8, 4) is 0 Å². The predicted molar refractivity (Wildman–Crippen MR) is 189 cm³/mol. The molecule has 0 spiro atoms. The molecule has 4 aromatic carbocycles. The van der Waals surface area contributed by atoms with Gasteiger partial charge in [-0.3, -0.25) is 9.59 Å². The lowest BCUT2D eigenvalue weighted by Gasteiger charge is -2.17. The molecular weight excluding hydrogens is 560 g/mol. The van der Waals surface area contributed by atoms with Crippen LogP contribution in [-0.4, -0.2) is 22.2 Å². The van der Waals surface area contributed by atoms with Crippen LogP contribution in [0.3, 0.4) is 0 Å². The normalized spacial score (nSPS) is 10.2. The number of benzene rings is 4. The van der Waals surface area contributed by atoms with E-state index in [1.165, 1.54) is 89.5 Å². The van der Waals surface area contributed by atoms with Crippen molar-refractivity contribution in [1.82, 2.24) is 0 Å². The highest BCUT2D eigenvalue weighted by Gasteiger charge is 2.09. The molecule has 45 heavy (non-hydrogen) atoms. The molecule has 0 saturated carbocycles. The summed E-state index contributed by atoms with van der Waals surface area (Å²) < 4.78 is 0. The van der Waals surface area contributed by atoms with Gasteiger partial charge in [-0.2, -0.15) is 0 Å². The van der Waals surface area contributed by atoms with Gasteiger partial charge in [-0.15, -0.1) is 0 Å². The molecule has 0 saturated heterocycles. The lowest BCUT2D eigenvalue weighted by Crippen LogP contribution is -2.03. The molecule has 6 nitrogen and oxygen atoms in total.